The minimum atomic E-state index is -0.930. The predicted octanol–water partition coefficient (Wildman–Crippen LogP) is 3.36. The lowest BCUT2D eigenvalue weighted by molar-refractivity contribution is 0.0689. The number of carboxylic acids is 1. The molecule has 1 N–H and O–H groups in total. The van der Waals surface area contributed by atoms with Gasteiger partial charge in [0.2, 0.25) is 0 Å². The summed E-state index contributed by atoms with van der Waals surface area (Å²) in [5.41, 5.74) is 4.34. The van der Waals surface area contributed by atoms with Crippen LogP contribution in [0.3, 0.4) is 0 Å². The van der Waals surface area contributed by atoms with E-state index < -0.39 is 5.97 Å². The molecule has 0 fully saturated rings. The molecule has 0 amide bonds. The maximum atomic E-state index is 11.4. The summed E-state index contributed by atoms with van der Waals surface area (Å²) in [4.78, 5) is 11.4. The Morgan fingerprint density at radius 3 is 2.62 bits per heavy atom. The fourth-order valence-electron chi connectivity index (χ4n) is 3.10. The standard InChI is InChI=1S/C17H20N2O2/c1-17(2,3)12-8-4-5-9-14(12)19-13-10-6-7-11(13)15(18-19)16(20)21/h4-5,8-9H,6-7,10H2,1-3H3,(H,20,21). The quantitative estimate of drug-likeness (QED) is 0.920. The van der Waals surface area contributed by atoms with Crippen LogP contribution >= 0.6 is 0 Å². The van der Waals surface area contributed by atoms with E-state index in [9.17, 15) is 9.90 Å². The molecule has 0 bridgehead atoms. The number of carbonyl (C=O) groups is 1. The molecule has 4 nitrogen and oxygen atoms in total. The second-order valence-corrected chi connectivity index (χ2v) is 6.61. The van der Waals surface area contributed by atoms with E-state index in [1.165, 1.54) is 5.56 Å². The highest BCUT2D eigenvalue weighted by molar-refractivity contribution is 5.87. The SMILES string of the molecule is CC(C)(C)c1ccccc1-n1nc(C(=O)O)c2c1CCC2. The third kappa shape index (κ3) is 2.24. The van der Waals surface area contributed by atoms with Crippen molar-refractivity contribution in [2.75, 3.05) is 0 Å². The molecule has 1 aliphatic carbocycles. The third-order valence-corrected chi connectivity index (χ3v) is 4.07. The van der Waals surface area contributed by atoms with Crippen molar-refractivity contribution in [1.29, 1.82) is 0 Å². The molecule has 21 heavy (non-hydrogen) atoms. The summed E-state index contributed by atoms with van der Waals surface area (Å²) in [5.74, 6) is -0.930. The Balaban J connectivity index is 2.24. The van der Waals surface area contributed by atoms with E-state index in [4.69, 9.17) is 0 Å². The van der Waals surface area contributed by atoms with Gasteiger partial charge in [-0.25, -0.2) is 9.48 Å². The van der Waals surface area contributed by atoms with Crippen LogP contribution in [0, 0.1) is 0 Å². The minimum absolute atomic E-state index is 0.0165. The lowest BCUT2D eigenvalue weighted by atomic mass is 9.86. The van der Waals surface area contributed by atoms with Gasteiger partial charge in [-0.1, -0.05) is 39.0 Å². The van der Waals surface area contributed by atoms with Gasteiger partial charge in [0.25, 0.3) is 0 Å². The Morgan fingerprint density at radius 2 is 1.95 bits per heavy atom. The molecule has 0 saturated heterocycles. The first kappa shape index (κ1) is 13.9. The Kier molecular flexibility index (Phi) is 3.12. The van der Waals surface area contributed by atoms with Gasteiger partial charge in [-0.2, -0.15) is 5.10 Å². The van der Waals surface area contributed by atoms with Crippen LogP contribution in [0.1, 0.15) is 54.5 Å². The first-order valence-corrected chi connectivity index (χ1v) is 7.33. The Labute approximate surface area is 124 Å². The summed E-state index contributed by atoms with van der Waals surface area (Å²) in [6, 6.07) is 8.12. The number of hydrogen-bond donors (Lipinski definition) is 1. The lowest BCUT2D eigenvalue weighted by Crippen LogP contribution is -2.16. The molecule has 4 heteroatoms. The number of benzene rings is 1. The van der Waals surface area contributed by atoms with E-state index in [1.54, 1.807) is 0 Å². The molecule has 1 aliphatic rings. The van der Waals surface area contributed by atoms with Crippen molar-refractivity contribution in [2.45, 2.75) is 45.4 Å². The van der Waals surface area contributed by atoms with Gasteiger partial charge in [0.15, 0.2) is 5.69 Å². The molecule has 110 valence electrons. The van der Waals surface area contributed by atoms with Crippen molar-refractivity contribution in [2.24, 2.45) is 0 Å². The van der Waals surface area contributed by atoms with Crippen LogP contribution in [0.15, 0.2) is 24.3 Å². The van der Waals surface area contributed by atoms with E-state index in [0.29, 0.717) is 0 Å². The summed E-state index contributed by atoms with van der Waals surface area (Å²) >= 11 is 0. The molecule has 1 aromatic carbocycles. The molecular weight excluding hydrogens is 264 g/mol. The van der Waals surface area contributed by atoms with Crippen molar-refractivity contribution in [3.63, 3.8) is 0 Å². The number of aromatic nitrogens is 2. The second kappa shape index (κ2) is 4.72. The number of hydrogen-bond acceptors (Lipinski definition) is 2. The molecule has 1 heterocycles. The van der Waals surface area contributed by atoms with Crippen LogP contribution in [0.25, 0.3) is 5.69 Å². The molecule has 0 radical (unpaired) electrons. The molecule has 0 saturated carbocycles. The highest BCUT2D eigenvalue weighted by Crippen LogP contribution is 2.32. The van der Waals surface area contributed by atoms with Crippen LogP contribution in [-0.4, -0.2) is 20.9 Å². The van der Waals surface area contributed by atoms with E-state index in [2.05, 4.69) is 31.9 Å². The lowest BCUT2D eigenvalue weighted by Gasteiger charge is -2.23. The van der Waals surface area contributed by atoms with Crippen molar-refractivity contribution in [1.82, 2.24) is 9.78 Å². The normalized spacial score (nSPS) is 14.2. The Bertz CT molecular complexity index is 708. The van der Waals surface area contributed by atoms with Gasteiger partial charge in [-0.05, 0) is 36.3 Å². The van der Waals surface area contributed by atoms with Gasteiger partial charge in [0.1, 0.15) is 0 Å². The molecular formula is C17H20N2O2. The van der Waals surface area contributed by atoms with E-state index in [-0.39, 0.29) is 11.1 Å². The average Bonchev–Trinajstić information content (AvgIpc) is 2.98. The zero-order valence-corrected chi connectivity index (χ0v) is 12.7. The van der Waals surface area contributed by atoms with Gasteiger partial charge in [-0.3, -0.25) is 0 Å². The predicted molar refractivity (Wildman–Crippen MR) is 81.2 cm³/mol. The first-order valence-electron chi connectivity index (χ1n) is 7.33. The molecule has 0 atom stereocenters. The number of para-hydroxylation sites is 1. The zero-order chi connectivity index (χ0) is 15.2. The Hall–Kier alpha value is -2.10. The third-order valence-electron chi connectivity index (χ3n) is 4.07. The number of fused-ring (bicyclic) bond motifs is 1. The van der Waals surface area contributed by atoms with Crippen LogP contribution in [0.2, 0.25) is 0 Å². The fraction of sp³-hybridized carbons (Fsp3) is 0.412. The summed E-state index contributed by atoms with van der Waals surface area (Å²) in [6.45, 7) is 6.48. The molecule has 1 aromatic heterocycles. The number of nitrogens with zero attached hydrogens (tertiary/aromatic N) is 2. The van der Waals surface area contributed by atoms with Crippen LogP contribution in [0.4, 0.5) is 0 Å². The summed E-state index contributed by atoms with van der Waals surface area (Å²) in [7, 11) is 0. The van der Waals surface area contributed by atoms with Crippen molar-refractivity contribution in [3.05, 3.63) is 46.8 Å². The summed E-state index contributed by atoms with van der Waals surface area (Å²) in [6.07, 6.45) is 2.72. The highest BCUT2D eigenvalue weighted by Gasteiger charge is 2.28. The monoisotopic (exact) mass is 284 g/mol. The summed E-state index contributed by atoms with van der Waals surface area (Å²) in [5, 5.41) is 13.8. The van der Waals surface area contributed by atoms with Crippen LogP contribution < -0.4 is 0 Å². The number of carboxylic acid groups (broad SMARTS) is 1. The van der Waals surface area contributed by atoms with E-state index >= 15 is 0 Å². The van der Waals surface area contributed by atoms with E-state index in [0.717, 1.165) is 36.2 Å². The van der Waals surface area contributed by atoms with Gasteiger partial charge in [-0.15, -0.1) is 0 Å². The zero-order valence-electron chi connectivity index (χ0n) is 12.7. The Morgan fingerprint density at radius 1 is 1.24 bits per heavy atom. The fourth-order valence-corrected chi connectivity index (χ4v) is 3.10. The highest BCUT2D eigenvalue weighted by atomic mass is 16.4. The van der Waals surface area contributed by atoms with Crippen molar-refractivity contribution in [3.8, 4) is 5.69 Å². The molecule has 0 spiro atoms. The van der Waals surface area contributed by atoms with Gasteiger partial charge in [0.05, 0.1) is 5.69 Å². The number of aromatic carboxylic acids is 1. The maximum Gasteiger partial charge on any atom is 0.356 e. The van der Waals surface area contributed by atoms with Crippen molar-refractivity contribution < 1.29 is 9.90 Å². The molecule has 0 aliphatic heterocycles. The first-order chi connectivity index (χ1) is 9.89. The minimum Gasteiger partial charge on any atom is -0.476 e. The maximum absolute atomic E-state index is 11.4. The van der Waals surface area contributed by atoms with Crippen molar-refractivity contribution >= 4 is 5.97 Å². The smallest absolute Gasteiger partial charge is 0.356 e. The molecule has 3 rings (SSSR count). The topological polar surface area (TPSA) is 55.1 Å². The van der Waals surface area contributed by atoms with Gasteiger partial charge in [0, 0.05) is 11.3 Å². The second-order valence-electron chi connectivity index (χ2n) is 6.61. The van der Waals surface area contributed by atoms with Gasteiger partial charge >= 0.3 is 5.97 Å². The average molecular weight is 284 g/mol. The largest absolute Gasteiger partial charge is 0.476 e. The van der Waals surface area contributed by atoms with E-state index in [1.807, 2.05) is 22.9 Å². The van der Waals surface area contributed by atoms with Crippen LogP contribution in [0.5, 0.6) is 0 Å². The molecule has 0 unspecified atom stereocenters. The molecule has 2 aromatic rings. The van der Waals surface area contributed by atoms with Crippen LogP contribution in [-0.2, 0) is 18.3 Å². The van der Waals surface area contributed by atoms with Gasteiger partial charge < -0.3 is 5.11 Å². The summed E-state index contributed by atoms with van der Waals surface area (Å²) < 4.78 is 1.85. The number of rotatable bonds is 2.